The van der Waals surface area contributed by atoms with Crippen molar-refractivity contribution in [2.75, 3.05) is 0 Å². The number of phosphoric acid groups is 1. The molecule has 0 radical (unpaired) electrons. The Balaban J connectivity index is 4.59. The first-order valence-electron chi connectivity index (χ1n) is 6.86. The van der Waals surface area contributed by atoms with Crippen molar-refractivity contribution in [3.8, 4) is 0 Å². The molecule has 21 heavy (non-hydrogen) atoms. The molecule has 0 aromatic heterocycles. The number of rotatable bonds is 10. The van der Waals surface area contributed by atoms with Gasteiger partial charge in [0.15, 0.2) is 0 Å². The van der Waals surface area contributed by atoms with Crippen LogP contribution in [0.3, 0.4) is 0 Å². The molecule has 2 unspecified atom stereocenters. The Morgan fingerprint density at radius 1 is 0.905 bits per heavy atom. The van der Waals surface area contributed by atoms with E-state index in [1.54, 1.807) is 27.7 Å². The lowest BCUT2D eigenvalue weighted by atomic mass is 10.4. The number of carbonyl (C=O) groups is 2. The number of hydrogen-bond acceptors (Lipinski definition) is 7. The lowest BCUT2D eigenvalue weighted by Gasteiger charge is -2.23. The summed E-state index contributed by atoms with van der Waals surface area (Å²) in [6, 6.07) is 0. The molecule has 1 N–H and O–H groups in total. The fourth-order valence-electron chi connectivity index (χ4n) is 1.14. The molecule has 0 aromatic rings. The van der Waals surface area contributed by atoms with Gasteiger partial charge in [0.1, 0.15) is 0 Å². The molecule has 0 aliphatic rings. The van der Waals surface area contributed by atoms with Gasteiger partial charge in [-0.2, -0.15) is 0 Å². The van der Waals surface area contributed by atoms with E-state index in [1.807, 2.05) is 0 Å². The fraction of sp³-hybridized carbons (Fsp3) is 0.833. The number of ether oxygens (including phenoxy) is 2. The first-order valence-corrected chi connectivity index (χ1v) is 8.35. The van der Waals surface area contributed by atoms with E-state index >= 15 is 0 Å². The number of esters is 2. The second-order valence-corrected chi connectivity index (χ2v) is 5.40. The summed E-state index contributed by atoms with van der Waals surface area (Å²) in [7, 11) is -4.53. The molecule has 0 saturated carbocycles. The largest absolute Gasteiger partial charge is 0.478 e. The monoisotopic (exact) mass is 326 g/mol. The molecule has 0 aliphatic carbocycles. The maximum atomic E-state index is 11.8. The van der Waals surface area contributed by atoms with Crippen LogP contribution in [0.5, 0.6) is 0 Å². The summed E-state index contributed by atoms with van der Waals surface area (Å²) in [6.45, 7) is 6.40. The summed E-state index contributed by atoms with van der Waals surface area (Å²) < 4.78 is 31.0. The van der Waals surface area contributed by atoms with Crippen LogP contribution in [-0.2, 0) is 32.7 Å². The van der Waals surface area contributed by atoms with Gasteiger partial charge >= 0.3 is 19.8 Å². The van der Waals surface area contributed by atoms with Crippen LogP contribution in [0.15, 0.2) is 0 Å². The highest BCUT2D eigenvalue weighted by Crippen LogP contribution is 2.47. The van der Waals surface area contributed by atoms with Gasteiger partial charge in [-0.05, 0) is 0 Å². The minimum absolute atomic E-state index is 0.113. The Bertz CT molecular complexity index is 351. The van der Waals surface area contributed by atoms with Gasteiger partial charge in [0.05, 0.1) is 0 Å². The van der Waals surface area contributed by atoms with Crippen molar-refractivity contribution in [2.24, 2.45) is 0 Å². The summed E-state index contributed by atoms with van der Waals surface area (Å²) in [5, 5.41) is 0. The summed E-state index contributed by atoms with van der Waals surface area (Å²) in [6.07, 6.45) is -1.83. The molecule has 0 bridgehead atoms. The Morgan fingerprint density at radius 2 is 1.24 bits per heavy atom. The van der Waals surface area contributed by atoms with Crippen molar-refractivity contribution in [1.29, 1.82) is 0 Å². The topological polar surface area (TPSA) is 108 Å². The zero-order chi connectivity index (χ0) is 16.5. The van der Waals surface area contributed by atoms with Crippen LogP contribution in [0.1, 0.15) is 53.4 Å². The zero-order valence-corrected chi connectivity index (χ0v) is 13.6. The van der Waals surface area contributed by atoms with Crippen molar-refractivity contribution in [3.05, 3.63) is 0 Å². The summed E-state index contributed by atoms with van der Waals surface area (Å²) in [5.41, 5.74) is 0. The smallest absolute Gasteiger partial charge is 0.435 e. The van der Waals surface area contributed by atoms with Crippen LogP contribution in [-0.4, -0.2) is 29.4 Å². The van der Waals surface area contributed by atoms with Crippen LogP contribution in [0, 0.1) is 0 Å². The molecular weight excluding hydrogens is 303 g/mol. The average molecular weight is 326 g/mol. The molecule has 0 fully saturated rings. The third-order valence-corrected chi connectivity index (χ3v) is 3.27. The van der Waals surface area contributed by atoms with Gasteiger partial charge in [0.25, 0.3) is 0 Å². The molecule has 0 amide bonds. The highest BCUT2D eigenvalue weighted by Gasteiger charge is 2.32. The molecule has 2 atom stereocenters. The molecule has 0 saturated heterocycles. The molecule has 0 spiro atoms. The number of carbonyl (C=O) groups excluding carboxylic acids is 2. The second kappa shape index (κ2) is 9.89. The van der Waals surface area contributed by atoms with E-state index in [-0.39, 0.29) is 25.7 Å². The average Bonchev–Trinajstić information content (AvgIpc) is 2.44. The quantitative estimate of drug-likeness (QED) is 0.370. The van der Waals surface area contributed by atoms with Crippen molar-refractivity contribution in [1.82, 2.24) is 0 Å². The van der Waals surface area contributed by atoms with Crippen LogP contribution < -0.4 is 0 Å². The summed E-state index contributed by atoms with van der Waals surface area (Å²) in [5.74, 6) is -1.13. The fourth-order valence-corrected chi connectivity index (χ4v) is 2.17. The molecule has 9 heteroatoms. The maximum Gasteiger partial charge on any atom is 0.478 e. The van der Waals surface area contributed by atoms with E-state index in [9.17, 15) is 19.0 Å². The second-order valence-electron chi connectivity index (χ2n) is 4.04. The number of phosphoric ester groups is 1. The Morgan fingerprint density at radius 3 is 1.48 bits per heavy atom. The van der Waals surface area contributed by atoms with E-state index in [2.05, 4.69) is 0 Å². The first-order chi connectivity index (χ1) is 9.77. The van der Waals surface area contributed by atoms with E-state index in [0.29, 0.717) is 0 Å². The Hall–Kier alpha value is -0.950. The molecule has 0 rings (SSSR count). The van der Waals surface area contributed by atoms with Crippen molar-refractivity contribution in [3.63, 3.8) is 0 Å². The van der Waals surface area contributed by atoms with Gasteiger partial charge in [-0.15, -0.1) is 0 Å². The molecule has 0 aliphatic heterocycles. The summed E-state index contributed by atoms with van der Waals surface area (Å²) in [4.78, 5) is 31.9. The normalized spacial score (nSPS) is 16.6. The highest BCUT2D eigenvalue weighted by molar-refractivity contribution is 7.47. The molecule has 0 heterocycles. The lowest BCUT2D eigenvalue weighted by molar-refractivity contribution is -0.173. The van der Waals surface area contributed by atoms with Gasteiger partial charge in [0.2, 0.25) is 12.6 Å². The molecule has 0 aromatic carbocycles. The van der Waals surface area contributed by atoms with E-state index in [4.69, 9.17) is 18.5 Å². The van der Waals surface area contributed by atoms with E-state index in [0.717, 1.165) is 0 Å². The van der Waals surface area contributed by atoms with Gasteiger partial charge in [-0.3, -0.25) is 9.59 Å². The maximum absolute atomic E-state index is 11.8. The Kier molecular flexibility index (Phi) is 9.44. The first kappa shape index (κ1) is 20.1. The Labute approximate surface area is 124 Å². The van der Waals surface area contributed by atoms with Crippen LogP contribution in [0.25, 0.3) is 0 Å². The summed E-state index contributed by atoms with van der Waals surface area (Å²) >= 11 is 0. The minimum atomic E-state index is -4.53. The number of hydrogen-bond donors (Lipinski definition) is 1. The van der Waals surface area contributed by atoms with Crippen molar-refractivity contribution in [2.45, 2.75) is 66.0 Å². The van der Waals surface area contributed by atoms with Gasteiger partial charge in [-0.1, -0.05) is 27.7 Å². The van der Waals surface area contributed by atoms with E-state index in [1.165, 1.54) is 0 Å². The molecule has 8 nitrogen and oxygen atoms in total. The third kappa shape index (κ3) is 8.83. The van der Waals surface area contributed by atoms with Crippen molar-refractivity contribution >= 4 is 19.8 Å². The van der Waals surface area contributed by atoms with Crippen LogP contribution in [0.4, 0.5) is 0 Å². The SMILES string of the molecule is CCC(=O)OC(CC)OP(=O)(O)OC(CC)OC(=O)CC. The highest BCUT2D eigenvalue weighted by atomic mass is 31.2. The zero-order valence-electron chi connectivity index (χ0n) is 12.7. The molecule has 124 valence electrons. The lowest BCUT2D eigenvalue weighted by Crippen LogP contribution is -2.23. The van der Waals surface area contributed by atoms with Crippen molar-refractivity contribution < 1.29 is 37.6 Å². The standard InChI is InChI=1S/C12H23O8P/c1-5-9(13)17-11(7-3)19-21(15,16)20-12(8-4)18-10(14)6-2/h11-12H,5-8H2,1-4H3,(H,15,16). The van der Waals surface area contributed by atoms with Gasteiger partial charge in [0, 0.05) is 25.7 Å². The van der Waals surface area contributed by atoms with Gasteiger partial charge < -0.3 is 14.4 Å². The minimum Gasteiger partial charge on any atom is -0.435 e. The van der Waals surface area contributed by atoms with Gasteiger partial charge in [-0.25, -0.2) is 13.6 Å². The predicted molar refractivity (Wildman–Crippen MR) is 72.9 cm³/mol. The van der Waals surface area contributed by atoms with Crippen LogP contribution in [0.2, 0.25) is 0 Å². The third-order valence-electron chi connectivity index (χ3n) is 2.27. The van der Waals surface area contributed by atoms with Crippen LogP contribution >= 0.6 is 7.82 Å². The predicted octanol–water partition coefficient (Wildman–Crippen LogP) is 2.50. The van der Waals surface area contributed by atoms with E-state index < -0.39 is 32.3 Å². The molecular formula is C12H23O8P.